The molecule has 1 aromatic rings. The second kappa shape index (κ2) is 10.8. The van der Waals surface area contributed by atoms with Crippen LogP contribution >= 0.6 is 11.3 Å². The van der Waals surface area contributed by atoms with Gasteiger partial charge in [-0.2, -0.15) is 0 Å². The average molecular weight is 369 g/mol. The standard InChI is InChI=1S/C19H36N4OS/c1-8-20-18(21-12-10-9-11-19(3,4)5)23(6)13-16-14-25-17(22-16)15(2)24-7/h14-15H,8-13H2,1-7H3,(H,20,21). The molecule has 0 saturated carbocycles. The third-order valence-electron chi connectivity index (χ3n) is 3.96. The Labute approximate surface area is 157 Å². The van der Waals surface area contributed by atoms with Gasteiger partial charge in [0, 0.05) is 32.6 Å². The highest BCUT2D eigenvalue weighted by atomic mass is 32.1. The van der Waals surface area contributed by atoms with Crippen molar-refractivity contribution in [3.8, 4) is 0 Å². The zero-order valence-corrected chi connectivity index (χ0v) is 17.9. The number of thiazole rings is 1. The topological polar surface area (TPSA) is 49.8 Å². The van der Waals surface area contributed by atoms with Crippen LogP contribution in [0.1, 0.15) is 70.7 Å². The number of hydrogen-bond acceptors (Lipinski definition) is 4. The number of aromatic nitrogens is 1. The molecule has 5 nitrogen and oxygen atoms in total. The summed E-state index contributed by atoms with van der Waals surface area (Å²) >= 11 is 1.65. The molecule has 1 heterocycles. The minimum absolute atomic E-state index is 0.0498. The van der Waals surface area contributed by atoms with Crippen LogP contribution in [0, 0.1) is 5.41 Å². The van der Waals surface area contributed by atoms with E-state index in [-0.39, 0.29) is 6.10 Å². The van der Waals surface area contributed by atoms with Crippen LogP contribution in [0.3, 0.4) is 0 Å². The molecule has 1 rings (SSSR count). The number of hydrogen-bond donors (Lipinski definition) is 1. The number of ether oxygens (including phenoxy) is 1. The average Bonchev–Trinajstić information content (AvgIpc) is 3.00. The zero-order valence-electron chi connectivity index (χ0n) is 17.1. The van der Waals surface area contributed by atoms with Crippen LogP contribution in [0.25, 0.3) is 0 Å². The Bertz CT molecular complexity index is 522. The van der Waals surface area contributed by atoms with E-state index in [2.05, 4.69) is 55.3 Å². The van der Waals surface area contributed by atoms with Crippen molar-refractivity contribution in [3.05, 3.63) is 16.1 Å². The van der Waals surface area contributed by atoms with Crippen LogP contribution in [-0.4, -0.2) is 43.1 Å². The predicted octanol–water partition coefficient (Wildman–Crippen LogP) is 4.46. The van der Waals surface area contributed by atoms with Crippen LogP contribution in [0.5, 0.6) is 0 Å². The Hall–Kier alpha value is -1.14. The molecule has 0 aliphatic heterocycles. The van der Waals surface area contributed by atoms with Crippen molar-refractivity contribution >= 4 is 17.3 Å². The highest BCUT2D eigenvalue weighted by Gasteiger charge is 2.13. The van der Waals surface area contributed by atoms with E-state index >= 15 is 0 Å². The van der Waals surface area contributed by atoms with Gasteiger partial charge in [0.15, 0.2) is 5.96 Å². The Morgan fingerprint density at radius 3 is 2.72 bits per heavy atom. The van der Waals surface area contributed by atoms with Crippen LogP contribution in [0.15, 0.2) is 10.4 Å². The summed E-state index contributed by atoms with van der Waals surface area (Å²) in [5.41, 5.74) is 1.47. The lowest BCUT2D eigenvalue weighted by Crippen LogP contribution is -2.38. The predicted molar refractivity (Wildman–Crippen MR) is 108 cm³/mol. The molecule has 0 fully saturated rings. The lowest BCUT2D eigenvalue weighted by molar-refractivity contribution is 0.119. The van der Waals surface area contributed by atoms with Gasteiger partial charge in [-0.1, -0.05) is 27.2 Å². The molecule has 0 spiro atoms. The van der Waals surface area contributed by atoms with E-state index < -0.39 is 0 Å². The maximum absolute atomic E-state index is 5.34. The second-order valence-corrected chi connectivity index (χ2v) is 8.55. The van der Waals surface area contributed by atoms with Gasteiger partial charge < -0.3 is 15.0 Å². The van der Waals surface area contributed by atoms with Gasteiger partial charge in [0.1, 0.15) is 11.1 Å². The Morgan fingerprint density at radius 2 is 2.12 bits per heavy atom. The Balaban J connectivity index is 2.55. The maximum Gasteiger partial charge on any atom is 0.194 e. The van der Waals surface area contributed by atoms with E-state index in [1.54, 1.807) is 18.4 Å². The van der Waals surface area contributed by atoms with Crippen molar-refractivity contribution in [2.24, 2.45) is 10.4 Å². The maximum atomic E-state index is 5.34. The molecule has 6 heteroatoms. The molecule has 1 unspecified atom stereocenters. The summed E-state index contributed by atoms with van der Waals surface area (Å²) in [6.45, 7) is 13.5. The van der Waals surface area contributed by atoms with E-state index in [0.29, 0.717) is 5.41 Å². The first kappa shape index (κ1) is 21.9. The Morgan fingerprint density at radius 1 is 1.40 bits per heavy atom. The van der Waals surface area contributed by atoms with Crippen LogP contribution in [0.2, 0.25) is 0 Å². The van der Waals surface area contributed by atoms with Gasteiger partial charge >= 0.3 is 0 Å². The van der Waals surface area contributed by atoms with Crippen LogP contribution in [-0.2, 0) is 11.3 Å². The molecule has 1 atom stereocenters. The van der Waals surface area contributed by atoms with Gasteiger partial charge in [-0.15, -0.1) is 11.3 Å². The molecule has 0 aliphatic carbocycles. The fourth-order valence-electron chi connectivity index (χ4n) is 2.42. The number of rotatable bonds is 9. The number of methoxy groups -OCH3 is 1. The first-order valence-electron chi connectivity index (χ1n) is 9.23. The van der Waals surface area contributed by atoms with Crippen molar-refractivity contribution < 1.29 is 4.74 Å². The van der Waals surface area contributed by atoms with E-state index in [1.807, 2.05) is 6.92 Å². The van der Waals surface area contributed by atoms with Gasteiger partial charge in [0.05, 0.1) is 12.2 Å². The van der Waals surface area contributed by atoms with Crippen LogP contribution in [0.4, 0.5) is 0 Å². The van der Waals surface area contributed by atoms with Gasteiger partial charge in [0.25, 0.3) is 0 Å². The minimum atomic E-state index is 0.0498. The summed E-state index contributed by atoms with van der Waals surface area (Å²) in [4.78, 5) is 11.6. The highest BCUT2D eigenvalue weighted by molar-refractivity contribution is 7.09. The lowest BCUT2D eigenvalue weighted by Gasteiger charge is -2.21. The zero-order chi connectivity index (χ0) is 18.9. The fourth-order valence-corrected chi connectivity index (χ4v) is 3.26. The molecule has 0 radical (unpaired) electrons. The largest absolute Gasteiger partial charge is 0.375 e. The quantitative estimate of drug-likeness (QED) is 0.397. The molecule has 0 amide bonds. The van der Waals surface area contributed by atoms with Crippen molar-refractivity contribution in [1.29, 1.82) is 0 Å². The van der Waals surface area contributed by atoms with Gasteiger partial charge in [-0.25, -0.2) is 4.98 Å². The van der Waals surface area contributed by atoms with Crippen LogP contribution < -0.4 is 5.32 Å². The summed E-state index contributed by atoms with van der Waals surface area (Å²) < 4.78 is 5.34. The molecular weight excluding hydrogens is 332 g/mol. The van der Waals surface area contributed by atoms with E-state index in [4.69, 9.17) is 9.73 Å². The lowest BCUT2D eigenvalue weighted by atomic mass is 9.90. The van der Waals surface area contributed by atoms with E-state index in [9.17, 15) is 0 Å². The molecular formula is C19H36N4OS. The first-order chi connectivity index (χ1) is 11.8. The Kier molecular flexibility index (Phi) is 9.43. The third-order valence-corrected chi connectivity index (χ3v) is 5.02. The van der Waals surface area contributed by atoms with E-state index in [0.717, 1.165) is 42.7 Å². The van der Waals surface area contributed by atoms with Gasteiger partial charge in [-0.05, 0) is 32.1 Å². The van der Waals surface area contributed by atoms with Gasteiger partial charge in [-0.3, -0.25) is 4.99 Å². The molecule has 0 aromatic carbocycles. The molecule has 0 aliphatic rings. The molecule has 0 bridgehead atoms. The molecule has 1 aromatic heterocycles. The number of unbranched alkanes of at least 4 members (excludes halogenated alkanes) is 1. The molecule has 0 saturated heterocycles. The third kappa shape index (κ3) is 8.68. The number of nitrogens with one attached hydrogen (secondary N) is 1. The summed E-state index contributed by atoms with van der Waals surface area (Å²) in [5.74, 6) is 0.951. The van der Waals surface area contributed by atoms with E-state index in [1.165, 1.54) is 12.8 Å². The highest BCUT2D eigenvalue weighted by Crippen LogP contribution is 2.22. The number of guanidine groups is 1. The number of nitrogens with zero attached hydrogens (tertiary/aromatic N) is 3. The smallest absolute Gasteiger partial charge is 0.194 e. The number of aliphatic imine (C=N–C) groups is 1. The molecule has 25 heavy (non-hydrogen) atoms. The first-order valence-corrected chi connectivity index (χ1v) is 10.1. The van der Waals surface area contributed by atoms with Crippen molar-refractivity contribution in [2.45, 2.75) is 66.5 Å². The fraction of sp³-hybridized carbons (Fsp3) is 0.789. The monoisotopic (exact) mass is 368 g/mol. The normalized spacial score (nSPS) is 13.8. The second-order valence-electron chi connectivity index (χ2n) is 7.66. The molecule has 1 N–H and O–H groups in total. The molecule has 144 valence electrons. The SMILES string of the molecule is CCNC(=NCCCCC(C)(C)C)N(C)Cc1csc(C(C)OC)n1. The minimum Gasteiger partial charge on any atom is -0.375 e. The van der Waals surface area contributed by atoms with Crippen molar-refractivity contribution in [3.63, 3.8) is 0 Å². The van der Waals surface area contributed by atoms with Crippen molar-refractivity contribution in [2.75, 3.05) is 27.2 Å². The summed E-state index contributed by atoms with van der Waals surface area (Å²) in [7, 11) is 3.78. The van der Waals surface area contributed by atoms with Gasteiger partial charge in [0.2, 0.25) is 0 Å². The summed E-state index contributed by atoms with van der Waals surface area (Å²) in [5, 5.41) is 6.51. The van der Waals surface area contributed by atoms with Crippen molar-refractivity contribution in [1.82, 2.24) is 15.2 Å². The summed E-state index contributed by atoms with van der Waals surface area (Å²) in [6, 6.07) is 0. The summed E-state index contributed by atoms with van der Waals surface area (Å²) in [6.07, 6.45) is 3.65.